The van der Waals surface area contributed by atoms with Gasteiger partial charge in [0, 0.05) is 18.9 Å². The summed E-state index contributed by atoms with van der Waals surface area (Å²) in [6.45, 7) is 0.977. The maximum Gasteiger partial charge on any atom is 1.00 e. The summed E-state index contributed by atoms with van der Waals surface area (Å²) in [5.74, 6) is -1.23. The number of benzene rings is 1. The van der Waals surface area contributed by atoms with Crippen LogP contribution in [-0.4, -0.2) is 27.8 Å². The summed E-state index contributed by atoms with van der Waals surface area (Å²) in [6.07, 6.45) is 5.24. The minimum absolute atomic E-state index is 0. The Morgan fingerprint density at radius 2 is 2.04 bits per heavy atom. The van der Waals surface area contributed by atoms with Crippen LogP contribution in [0.15, 0.2) is 42.7 Å². The molecule has 2 N–H and O–H groups in total. The Morgan fingerprint density at radius 1 is 1.28 bits per heavy atom. The molecule has 1 unspecified atom stereocenters. The molecule has 1 atom stereocenters. The summed E-state index contributed by atoms with van der Waals surface area (Å²) in [6, 6.07) is 8.27. The van der Waals surface area contributed by atoms with Gasteiger partial charge in [-0.2, -0.15) is 5.10 Å². The molecule has 1 heterocycles. The number of carboxylic acids is 1. The smallest absolute Gasteiger partial charge is 0.548 e. The predicted molar refractivity (Wildman–Crippen MR) is 84.7 cm³/mol. The number of carbonyl (C=O) groups excluding carboxylic acids is 2. The average Bonchev–Trinajstić information content (AvgIpc) is 3.28. The van der Waals surface area contributed by atoms with Crippen LogP contribution < -0.4 is 67.1 Å². The molecule has 25 heavy (non-hydrogen) atoms. The molecule has 1 saturated carbocycles. The number of carboxylic acid groups (broad SMARTS) is 1. The van der Waals surface area contributed by atoms with Crippen molar-refractivity contribution in [3.63, 3.8) is 0 Å². The van der Waals surface area contributed by atoms with Crippen molar-refractivity contribution in [1.29, 1.82) is 0 Å². The maximum atomic E-state index is 11.9. The maximum absolute atomic E-state index is 11.9. The van der Waals surface area contributed by atoms with Crippen LogP contribution in [0.2, 0.25) is 0 Å². The summed E-state index contributed by atoms with van der Waals surface area (Å²) in [5, 5.41) is 20.4. The molecule has 2 aromatic rings. The summed E-state index contributed by atoms with van der Waals surface area (Å²) in [7, 11) is 0. The van der Waals surface area contributed by atoms with Crippen LogP contribution in [-0.2, 0) is 17.9 Å². The number of hydrogen-bond donors (Lipinski definition) is 2. The van der Waals surface area contributed by atoms with Gasteiger partial charge in [-0.25, -0.2) is 4.79 Å². The Labute approximate surface area is 188 Å². The van der Waals surface area contributed by atoms with Crippen LogP contribution >= 0.6 is 0 Å². The molecule has 2 amide bonds. The van der Waals surface area contributed by atoms with E-state index in [0.29, 0.717) is 13.1 Å². The number of nitrogens with one attached hydrogen (secondary N) is 2. The minimum Gasteiger partial charge on any atom is -0.548 e. The van der Waals surface area contributed by atoms with Crippen molar-refractivity contribution >= 4 is 12.0 Å². The molecule has 1 fully saturated rings. The average molecular weight is 366 g/mol. The van der Waals surface area contributed by atoms with Gasteiger partial charge in [0.15, 0.2) is 0 Å². The first-order valence-electron chi connectivity index (χ1n) is 7.92. The van der Waals surface area contributed by atoms with E-state index in [1.807, 2.05) is 41.2 Å². The van der Waals surface area contributed by atoms with Gasteiger partial charge in [0.05, 0.1) is 18.6 Å². The fourth-order valence-electron chi connectivity index (χ4n) is 2.59. The van der Waals surface area contributed by atoms with E-state index in [2.05, 4.69) is 15.7 Å². The van der Waals surface area contributed by atoms with E-state index < -0.39 is 18.0 Å². The van der Waals surface area contributed by atoms with E-state index in [4.69, 9.17) is 0 Å². The van der Waals surface area contributed by atoms with Gasteiger partial charge in [0.25, 0.3) is 0 Å². The van der Waals surface area contributed by atoms with Crippen molar-refractivity contribution in [3.8, 4) is 0 Å². The molecule has 126 valence electrons. The topological polar surface area (TPSA) is 99.1 Å². The van der Waals surface area contributed by atoms with E-state index in [1.165, 1.54) is 0 Å². The zero-order chi connectivity index (χ0) is 16.9. The van der Waals surface area contributed by atoms with Crippen LogP contribution in [0.4, 0.5) is 4.79 Å². The van der Waals surface area contributed by atoms with Gasteiger partial charge in [0.1, 0.15) is 0 Å². The molecule has 0 aliphatic heterocycles. The number of carbonyl (C=O) groups is 2. The Balaban J connectivity index is 0.00000225. The van der Waals surface area contributed by atoms with Crippen molar-refractivity contribution in [1.82, 2.24) is 20.4 Å². The Morgan fingerprint density at radius 3 is 2.68 bits per heavy atom. The normalized spacial score (nSPS) is 14.2. The van der Waals surface area contributed by atoms with E-state index in [0.717, 1.165) is 24.0 Å². The predicted octanol–water partition coefficient (Wildman–Crippen LogP) is -2.74. The van der Waals surface area contributed by atoms with Gasteiger partial charge in [-0.3, -0.25) is 4.68 Å². The molecule has 3 rings (SSSR count). The molecule has 0 radical (unpaired) electrons. The zero-order valence-corrected chi connectivity index (χ0v) is 17.3. The molecule has 0 bridgehead atoms. The van der Waals surface area contributed by atoms with Gasteiger partial charge >= 0.3 is 57.4 Å². The first-order chi connectivity index (χ1) is 11.6. The van der Waals surface area contributed by atoms with Gasteiger partial charge in [-0.05, 0) is 36.0 Å². The van der Waals surface area contributed by atoms with Crippen LogP contribution in [0.1, 0.15) is 24.0 Å². The molecule has 8 heteroatoms. The van der Waals surface area contributed by atoms with Crippen molar-refractivity contribution < 1.29 is 66.1 Å². The first-order valence-corrected chi connectivity index (χ1v) is 7.92. The Bertz CT molecular complexity index is 716. The second-order valence-corrected chi connectivity index (χ2v) is 5.98. The third-order valence-electron chi connectivity index (χ3n) is 3.98. The zero-order valence-electron chi connectivity index (χ0n) is 14.1. The molecule has 1 aliphatic rings. The molecule has 0 saturated heterocycles. The molecular weight excluding hydrogens is 347 g/mol. The number of amides is 2. The third kappa shape index (κ3) is 6.23. The molecule has 1 aliphatic carbocycles. The van der Waals surface area contributed by atoms with Crippen LogP contribution in [0.25, 0.3) is 0 Å². The first kappa shape index (κ1) is 20.1. The summed E-state index contributed by atoms with van der Waals surface area (Å²) in [5.41, 5.74) is 2.01. The van der Waals surface area contributed by atoms with Gasteiger partial charge in [-0.1, -0.05) is 24.3 Å². The largest absolute Gasteiger partial charge is 1.00 e. The fourth-order valence-corrected chi connectivity index (χ4v) is 2.59. The van der Waals surface area contributed by atoms with Crippen LogP contribution in [0.5, 0.6) is 0 Å². The van der Waals surface area contributed by atoms with Crippen LogP contribution in [0.3, 0.4) is 0 Å². The molecule has 7 nitrogen and oxygen atoms in total. The van der Waals surface area contributed by atoms with Crippen molar-refractivity contribution in [3.05, 3.63) is 53.9 Å². The third-order valence-corrected chi connectivity index (χ3v) is 3.98. The fraction of sp³-hybridized carbons (Fsp3) is 0.353. The number of urea groups is 1. The summed E-state index contributed by atoms with van der Waals surface area (Å²) >= 11 is 0. The van der Waals surface area contributed by atoms with Crippen LogP contribution in [0, 0.1) is 5.92 Å². The van der Waals surface area contributed by atoms with E-state index in [9.17, 15) is 14.7 Å². The van der Waals surface area contributed by atoms with E-state index in [-0.39, 0.29) is 57.3 Å². The standard InChI is InChI=1S/C17H20N4O3.K/c22-16(23)15(14-5-6-14)20-17(24)18-10-12-3-1-4-13(9-12)11-21-8-2-7-19-21;/h1-4,7-9,14-15H,5-6,10-11H2,(H,22,23)(H2,18,20,24);/q;+1/p-1. The van der Waals surface area contributed by atoms with Gasteiger partial charge < -0.3 is 20.5 Å². The molecule has 1 aromatic carbocycles. The second-order valence-electron chi connectivity index (χ2n) is 5.98. The molecule has 1 aromatic heterocycles. The Hall–Kier alpha value is -1.19. The van der Waals surface area contributed by atoms with E-state index in [1.54, 1.807) is 6.20 Å². The molecular formula is C17H19KN4O3. The van der Waals surface area contributed by atoms with Crippen molar-refractivity contribution in [2.45, 2.75) is 32.0 Å². The Kier molecular flexibility index (Phi) is 7.64. The second kappa shape index (κ2) is 9.49. The number of hydrogen-bond acceptors (Lipinski definition) is 4. The number of nitrogens with zero attached hydrogens (tertiary/aromatic N) is 2. The minimum atomic E-state index is -1.23. The van der Waals surface area contributed by atoms with Crippen molar-refractivity contribution in [2.24, 2.45) is 5.92 Å². The number of rotatable bonds is 7. The molecule has 0 spiro atoms. The van der Waals surface area contributed by atoms with Crippen molar-refractivity contribution in [2.75, 3.05) is 0 Å². The van der Waals surface area contributed by atoms with Gasteiger partial charge in [-0.15, -0.1) is 0 Å². The SMILES string of the molecule is O=C(NCc1cccc(Cn2cccn2)c1)NC(C(=O)[O-])C1CC1.[K+]. The number of aliphatic carboxylic acids is 1. The monoisotopic (exact) mass is 366 g/mol. The summed E-state index contributed by atoms with van der Waals surface area (Å²) < 4.78 is 1.82. The number of aromatic nitrogens is 2. The summed E-state index contributed by atoms with van der Waals surface area (Å²) in [4.78, 5) is 22.9. The van der Waals surface area contributed by atoms with Gasteiger partial charge in [0.2, 0.25) is 0 Å². The van der Waals surface area contributed by atoms with E-state index >= 15 is 0 Å². The quantitative estimate of drug-likeness (QED) is 0.520.